The van der Waals surface area contributed by atoms with Gasteiger partial charge in [0.2, 0.25) is 5.91 Å². The molecule has 6 nitrogen and oxygen atoms in total. The van der Waals surface area contributed by atoms with Gasteiger partial charge in [-0.1, -0.05) is 32.4 Å². The molecule has 4 aliphatic rings. The molecule has 0 aromatic heterocycles. The summed E-state index contributed by atoms with van der Waals surface area (Å²) in [6.07, 6.45) is 12.6. The second-order valence-corrected chi connectivity index (χ2v) is 13.5. The van der Waals surface area contributed by atoms with Crippen molar-refractivity contribution >= 4 is 16.0 Å². The van der Waals surface area contributed by atoms with Crippen LogP contribution >= 0.6 is 0 Å². The monoisotopic (exact) mass is 503 g/mol. The predicted octanol–water partition coefficient (Wildman–Crippen LogP) is 1.01. The largest absolute Gasteiger partial charge is 1.00 e. The molecular weight excluding hydrogens is 461 g/mol. The van der Waals surface area contributed by atoms with Crippen molar-refractivity contribution in [2.75, 3.05) is 12.3 Å². The van der Waals surface area contributed by atoms with Gasteiger partial charge in [0, 0.05) is 13.0 Å². The van der Waals surface area contributed by atoms with Crippen LogP contribution in [0.15, 0.2) is 11.6 Å². The molecule has 0 aromatic rings. The van der Waals surface area contributed by atoms with Crippen LogP contribution in [0, 0.1) is 40.4 Å². The molecule has 8 heteroatoms. The van der Waals surface area contributed by atoms with Gasteiger partial charge in [0.05, 0.1) is 22.0 Å². The molecule has 0 aromatic carbocycles. The minimum atomic E-state index is -4.29. The van der Waals surface area contributed by atoms with E-state index in [0.29, 0.717) is 23.7 Å². The Labute approximate surface area is 228 Å². The SMILES string of the molecule is C[C@H](CCC(=O)NCCS(=O)(=O)[O-])[C@H]1CC[C@H]2[C@@H]3CC=C4C[C@@H](O)CC[C@]4(C)[C@H]3CC[C@]12C.[Na+]. The Morgan fingerprint density at radius 1 is 1.21 bits per heavy atom. The molecule has 34 heavy (non-hydrogen) atoms. The zero-order chi connectivity index (χ0) is 24.0. The van der Waals surface area contributed by atoms with E-state index in [9.17, 15) is 22.9 Å². The smallest absolute Gasteiger partial charge is 0.748 e. The summed E-state index contributed by atoms with van der Waals surface area (Å²) in [5, 5.41) is 12.8. The van der Waals surface area contributed by atoms with Crippen molar-refractivity contribution in [3.05, 3.63) is 11.6 Å². The van der Waals surface area contributed by atoms with E-state index in [1.165, 1.54) is 31.3 Å². The second-order valence-electron chi connectivity index (χ2n) is 12.0. The van der Waals surface area contributed by atoms with E-state index in [1.807, 2.05) is 0 Å². The van der Waals surface area contributed by atoms with Gasteiger partial charge >= 0.3 is 29.6 Å². The summed E-state index contributed by atoms with van der Waals surface area (Å²) in [6, 6.07) is 0. The van der Waals surface area contributed by atoms with E-state index in [0.717, 1.165) is 49.9 Å². The van der Waals surface area contributed by atoms with Crippen molar-refractivity contribution in [1.82, 2.24) is 5.32 Å². The first-order valence-electron chi connectivity index (χ1n) is 13.0. The van der Waals surface area contributed by atoms with E-state index in [1.54, 1.807) is 0 Å². The van der Waals surface area contributed by atoms with Gasteiger partial charge in [0.25, 0.3) is 0 Å². The zero-order valence-corrected chi connectivity index (χ0v) is 24.3. The maximum atomic E-state index is 12.2. The minimum Gasteiger partial charge on any atom is -0.748 e. The molecule has 0 bridgehead atoms. The summed E-state index contributed by atoms with van der Waals surface area (Å²) >= 11 is 0. The van der Waals surface area contributed by atoms with E-state index >= 15 is 0 Å². The maximum Gasteiger partial charge on any atom is 1.00 e. The first-order valence-corrected chi connectivity index (χ1v) is 14.6. The number of carbonyl (C=O) groups excluding carboxylic acids is 1. The molecule has 0 heterocycles. The Kier molecular flexibility index (Phi) is 9.12. The van der Waals surface area contributed by atoms with Gasteiger partial charge in [-0.05, 0) is 98.2 Å². The number of allylic oxidation sites excluding steroid dienone is 1. The summed E-state index contributed by atoms with van der Waals surface area (Å²) in [4.78, 5) is 12.2. The topological polar surface area (TPSA) is 107 Å². The molecule has 188 valence electrons. The molecule has 8 atom stereocenters. The summed E-state index contributed by atoms with van der Waals surface area (Å²) < 4.78 is 32.1. The van der Waals surface area contributed by atoms with Gasteiger partial charge < -0.3 is 15.0 Å². The molecule has 0 spiro atoms. The standard InChI is InChI=1S/C26H43NO5S.Na/c1-17(4-9-24(29)27-14-15-33(30,31)32)21-7-8-22-20-6-5-18-16-19(28)10-12-25(18,2)23(20)11-13-26(21,22)3;/h5,17,19-23,28H,4,6-16H2,1-3H3,(H,27,29)(H,30,31,32);/q;+1/p-1/t17-,19+,20+,21-,22+,23+,25+,26-;/m1./s1. The van der Waals surface area contributed by atoms with Crippen molar-refractivity contribution in [3.8, 4) is 0 Å². The first kappa shape index (κ1) is 28.6. The van der Waals surface area contributed by atoms with Crippen LogP contribution in [0.3, 0.4) is 0 Å². The van der Waals surface area contributed by atoms with Crippen molar-refractivity contribution in [2.45, 2.75) is 91.1 Å². The molecule has 0 aliphatic heterocycles. The summed E-state index contributed by atoms with van der Waals surface area (Å²) in [6.45, 7) is 7.16. The second kappa shape index (κ2) is 10.8. The van der Waals surface area contributed by atoms with Gasteiger partial charge in [-0.2, -0.15) is 0 Å². The van der Waals surface area contributed by atoms with Crippen molar-refractivity contribution in [1.29, 1.82) is 0 Å². The quantitative estimate of drug-likeness (QED) is 0.306. The average Bonchev–Trinajstić information content (AvgIpc) is 3.09. The summed E-state index contributed by atoms with van der Waals surface area (Å²) in [5.74, 6) is 2.56. The van der Waals surface area contributed by atoms with E-state index in [-0.39, 0.29) is 53.5 Å². The molecule has 0 unspecified atom stereocenters. The number of amides is 1. The fourth-order valence-corrected chi connectivity index (χ4v) is 8.93. The summed E-state index contributed by atoms with van der Waals surface area (Å²) in [5.41, 5.74) is 2.11. The number of hydrogen-bond acceptors (Lipinski definition) is 5. The maximum absolute atomic E-state index is 12.2. The minimum absolute atomic E-state index is 0. The van der Waals surface area contributed by atoms with Gasteiger partial charge in [-0.15, -0.1) is 0 Å². The van der Waals surface area contributed by atoms with Crippen LogP contribution < -0.4 is 34.9 Å². The van der Waals surface area contributed by atoms with Gasteiger partial charge in [0.15, 0.2) is 0 Å². The van der Waals surface area contributed by atoms with Crippen molar-refractivity contribution in [3.63, 3.8) is 0 Å². The van der Waals surface area contributed by atoms with Crippen molar-refractivity contribution in [2.24, 2.45) is 40.4 Å². The van der Waals surface area contributed by atoms with E-state index in [2.05, 4.69) is 32.2 Å². The number of nitrogens with one attached hydrogen (secondary N) is 1. The fraction of sp³-hybridized carbons (Fsp3) is 0.885. The average molecular weight is 504 g/mol. The predicted molar refractivity (Wildman–Crippen MR) is 127 cm³/mol. The van der Waals surface area contributed by atoms with E-state index in [4.69, 9.17) is 0 Å². The molecule has 2 N–H and O–H groups in total. The molecule has 1 amide bonds. The zero-order valence-electron chi connectivity index (χ0n) is 21.5. The van der Waals surface area contributed by atoms with Gasteiger partial charge in [0.1, 0.15) is 0 Å². The van der Waals surface area contributed by atoms with Crippen LogP contribution in [0.1, 0.15) is 85.0 Å². The van der Waals surface area contributed by atoms with Crippen LogP contribution in [0.4, 0.5) is 0 Å². The van der Waals surface area contributed by atoms with Crippen LogP contribution in [0.2, 0.25) is 0 Å². The number of aliphatic hydroxyl groups excluding tert-OH is 1. The van der Waals surface area contributed by atoms with Crippen LogP contribution in [0.25, 0.3) is 0 Å². The number of rotatable bonds is 7. The normalized spacial score (nSPS) is 40.1. The number of hydrogen-bond donors (Lipinski definition) is 2. The Hall–Kier alpha value is 0.0800. The molecule has 0 radical (unpaired) electrons. The molecule has 3 saturated carbocycles. The third-order valence-electron chi connectivity index (χ3n) is 10.3. The molecular formula is C26H42NNaO5S. The Morgan fingerprint density at radius 3 is 2.65 bits per heavy atom. The molecule has 0 saturated heterocycles. The summed E-state index contributed by atoms with van der Waals surface area (Å²) in [7, 11) is -4.29. The first-order chi connectivity index (χ1) is 15.4. The van der Waals surface area contributed by atoms with Crippen LogP contribution in [-0.2, 0) is 14.9 Å². The molecule has 3 fully saturated rings. The fourth-order valence-electron chi connectivity index (χ4n) is 8.58. The van der Waals surface area contributed by atoms with Gasteiger partial charge in [-0.3, -0.25) is 4.79 Å². The van der Waals surface area contributed by atoms with Crippen molar-refractivity contribution < 1.29 is 52.4 Å². The number of carbonyl (C=O) groups is 1. The Balaban J connectivity index is 0.00000324. The Morgan fingerprint density at radius 2 is 1.94 bits per heavy atom. The third kappa shape index (κ3) is 5.65. The molecule has 4 rings (SSSR count). The Bertz CT molecular complexity index is 892. The van der Waals surface area contributed by atoms with E-state index < -0.39 is 15.9 Å². The third-order valence-corrected chi connectivity index (χ3v) is 11.0. The number of aliphatic hydroxyl groups is 1. The van der Waals surface area contributed by atoms with Gasteiger partial charge in [-0.25, -0.2) is 8.42 Å². The molecule has 4 aliphatic carbocycles. The van der Waals surface area contributed by atoms with Crippen LogP contribution in [-0.4, -0.2) is 42.4 Å². The van der Waals surface area contributed by atoms with Crippen LogP contribution in [0.5, 0.6) is 0 Å². The number of fused-ring (bicyclic) bond motifs is 5.